The number of rotatable bonds is 3. The number of nitrogens with zero attached hydrogens (tertiary/aromatic N) is 4. The number of hydrogen-bond donors (Lipinski definition) is 0. The topological polar surface area (TPSA) is 92.5 Å². The second kappa shape index (κ2) is 5.49. The van der Waals surface area contributed by atoms with Gasteiger partial charge < -0.3 is 0 Å². The van der Waals surface area contributed by atoms with Gasteiger partial charge in [0.25, 0.3) is 0 Å². The van der Waals surface area contributed by atoms with Crippen LogP contribution in [0.3, 0.4) is 0 Å². The Labute approximate surface area is 90.9 Å². The molecule has 0 amide bonds. The minimum absolute atomic E-state index is 0.452. The zero-order valence-electron chi connectivity index (χ0n) is 8.91. The van der Waals surface area contributed by atoms with E-state index in [-0.39, 0.29) is 0 Å². The van der Waals surface area contributed by atoms with Crippen LogP contribution in [-0.4, -0.2) is 58.2 Å². The first-order valence-corrected chi connectivity index (χ1v) is 4.80. The Bertz CT molecular complexity index is 286. The molecule has 0 atom stereocenters. The maximum absolute atomic E-state index is 10.4. The summed E-state index contributed by atoms with van der Waals surface area (Å²) in [6, 6.07) is 0. The third-order valence-corrected chi connectivity index (χ3v) is 2.83. The van der Waals surface area contributed by atoms with Gasteiger partial charge in [0.05, 0.1) is 28.2 Å². The van der Waals surface area contributed by atoms with Crippen molar-refractivity contribution in [1.82, 2.24) is 4.90 Å². The second-order valence-electron chi connectivity index (χ2n) is 3.09. The molecular formula is C6H13N4O4S+. The van der Waals surface area contributed by atoms with Crippen molar-refractivity contribution < 1.29 is 14.4 Å². The lowest BCUT2D eigenvalue weighted by molar-refractivity contribution is -0.710. The van der Waals surface area contributed by atoms with E-state index in [4.69, 9.17) is 0 Å². The smallest absolute Gasteiger partial charge is 0.261 e. The Morgan fingerprint density at radius 3 is 1.80 bits per heavy atom. The van der Waals surface area contributed by atoms with E-state index >= 15 is 0 Å². The van der Waals surface area contributed by atoms with E-state index in [1.807, 2.05) is 0 Å². The zero-order valence-corrected chi connectivity index (χ0v) is 9.72. The van der Waals surface area contributed by atoms with Crippen LogP contribution in [0.2, 0.25) is 0 Å². The van der Waals surface area contributed by atoms with E-state index in [0.717, 1.165) is 0 Å². The van der Waals surface area contributed by atoms with Crippen molar-refractivity contribution in [1.29, 1.82) is 0 Å². The van der Waals surface area contributed by atoms with Crippen molar-refractivity contribution in [2.75, 3.05) is 28.2 Å². The van der Waals surface area contributed by atoms with Crippen LogP contribution >= 0.6 is 11.8 Å². The Kier molecular flexibility index (Phi) is 4.98. The summed E-state index contributed by atoms with van der Waals surface area (Å²) in [5.74, 6) is 0. The predicted molar refractivity (Wildman–Crippen MR) is 56.2 cm³/mol. The standard InChI is InChI=1S/C6H13N4O4S/c1-7(2)5(8(3)4)15-6(9(11)12)10(13)14/h6H,1-4H3/q+1. The van der Waals surface area contributed by atoms with Gasteiger partial charge in [-0.2, -0.15) is 0 Å². The molecule has 0 heterocycles. The molecule has 15 heavy (non-hydrogen) atoms. The van der Waals surface area contributed by atoms with Gasteiger partial charge in [0, 0.05) is 0 Å². The molecule has 0 radical (unpaired) electrons. The average Bonchev–Trinajstić information content (AvgIpc) is 2.01. The molecule has 0 bridgehead atoms. The predicted octanol–water partition coefficient (Wildman–Crippen LogP) is -0.254. The van der Waals surface area contributed by atoms with Gasteiger partial charge >= 0.3 is 10.7 Å². The minimum Gasteiger partial charge on any atom is -0.261 e. The molecule has 0 N–H and O–H groups in total. The van der Waals surface area contributed by atoms with Crippen LogP contribution in [0.4, 0.5) is 0 Å². The van der Waals surface area contributed by atoms with Gasteiger partial charge in [-0.1, -0.05) is 0 Å². The van der Waals surface area contributed by atoms with Gasteiger partial charge in [-0.15, -0.1) is 0 Å². The highest BCUT2D eigenvalue weighted by atomic mass is 32.2. The van der Waals surface area contributed by atoms with Gasteiger partial charge in [-0.05, 0) is 0 Å². The Balaban J connectivity index is 4.88. The molecule has 0 aliphatic heterocycles. The highest BCUT2D eigenvalue weighted by Crippen LogP contribution is 2.15. The number of nitro groups is 2. The first kappa shape index (κ1) is 13.6. The fraction of sp³-hybridized carbons (Fsp3) is 0.833. The van der Waals surface area contributed by atoms with Gasteiger partial charge in [0.2, 0.25) is 0 Å². The molecule has 0 rings (SSSR count). The molecule has 0 spiro atoms. The molecule has 0 aliphatic carbocycles. The second-order valence-corrected chi connectivity index (χ2v) is 4.11. The Morgan fingerprint density at radius 2 is 1.60 bits per heavy atom. The average molecular weight is 237 g/mol. The summed E-state index contributed by atoms with van der Waals surface area (Å²) in [5, 5.41) is 21.3. The first-order chi connectivity index (χ1) is 6.77. The summed E-state index contributed by atoms with van der Waals surface area (Å²) in [5.41, 5.74) is -1.87. The van der Waals surface area contributed by atoms with Gasteiger partial charge in [0.1, 0.15) is 21.6 Å². The van der Waals surface area contributed by atoms with Crippen molar-refractivity contribution in [2.45, 2.75) is 5.50 Å². The van der Waals surface area contributed by atoms with Crippen LogP contribution in [-0.2, 0) is 0 Å². The lowest BCUT2D eigenvalue weighted by Gasteiger charge is -2.09. The highest BCUT2D eigenvalue weighted by Gasteiger charge is 2.39. The van der Waals surface area contributed by atoms with Crippen molar-refractivity contribution >= 4 is 16.9 Å². The van der Waals surface area contributed by atoms with Crippen molar-refractivity contribution in [2.24, 2.45) is 0 Å². The monoisotopic (exact) mass is 237 g/mol. The third-order valence-electron chi connectivity index (χ3n) is 1.34. The summed E-state index contributed by atoms with van der Waals surface area (Å²) in [6.07, 6.45) is 0. The van der Waals surface area contributed by atoms with Gasteiger partial charge in [-0.3, -0.25) is 29.7 Å². The molecule has 0 aromatic heterocycles. The lowest BCUT2D eigenvalue weighted by atomic mass is 10.9. The molecule has 9 heteroatoms. The third kappa shape index (κ3) is 4.11. The molecule has 0 saturated heterocycles. The molecule has 0 unspecified atom stereocenters. The van der Waals surface area contributed by atoms with Crippen LogP contribution < -0.4 is 0 Å². The SMILES string of the molecule is CN(C)C(SC([N+](=O)[O-])[N+](=O)[O-])=[N+](C)C. The molecule has 0 aromatic rings. The van der Waals surface area contributed by atoms with Gasteiger partial charge in [-0.25, -0.2) is 0 Å². The van der Waals surface area contributed by atoms with Crippen molar-refractivity contribution in [3.63, 3.8) is 0 Å². The summed E-state index contributed by atoms with van der Waals surface area (Å²) in [7, 11) is 6.66. The van der Waals surface area contributed by atoms with E-state index in [2.05, 4.69) is 0 Å². The fourth-order valence-electron chi connectivity index (χ4n) is 0.868. The molecule has 0 aromatic carbocycles. The summed E-state index contributed by atoms with van der Waals surface area (Å²) < 4.78 is 1.59. The molecule has 0 saturated carbocycles. The molecule has 86 valence electrons. The van der Waals surface area contributed by atoms with E-state index < -0.39 is 15.3 Å². The zero-order chi connectivity index (χ0) is 12.2. The number of hydrogen-bond acceptors (Lipinski definition) is 5. The van der Waals surface area contributed by atoms with E-state index in [9.17, 15) is 20.2 Å². The van der Waals surface area contributed by atoms with Crippen molar-refractivity contribution in [3.05, 3.63) is 20.2 Å². The van der Waals surface area contributed by atoms with E-state index in [0.29, 0.717) is 16.9 Å². The molecular weight excluding hydrogens is 224 g/mol. The molecule has 0 fully saturated rings. The Morgan fingerprint density at radius 1 is 1.20 bits per heavy atom. The van der Waals surface area contributed by atoms with Crippen LogP contribution in [0.1, 0.15) is 0 Å². The number of amidine groups is 1. The maximum Gasteiger partial charge on any atom is 0.509 e. The van der Waals surface area contributed by atoms with Crippen LogP contribution in [0.25, 0.3) is 0 Å². The highest BCUT2D eigenvalue weighted by molar-refractivity contribution is 8.13. The fourth-order valence-corrected chi connectivity index (χ4v) is 1.65. The normalized spacial score (nSPS) is 9.93. The molecule has 0 aliphatic rings. The maximum atomic E-state index is 10.4. The van der Waals surface area contributed by atoms with E-state index in [1.165, 1.54) is 0 Å². The molecule has 8 nitrogen and oxygen atoms in total. The lowest BCUT2D eigenvalue weighted by Crippen LogP contribution is -2.34. The summed E-state index contributed by atoms with van der Waals surface area (Å²) >= 11 is 0.593. The van der Waals surface area contributed by atoms with Crippen molar-refractivity contribution in [3.8, 4) is 0 Å². The minimum atomic E-state index is -1.87. The summed E-state index contributed by atoms with van der Waals surface area (Å²) in [4.78, 5) is 20.6. The van der Waals surface area contributed by atoms with Gasteiger partial charge in [0.15, 0.2) is 0 Å². The largest absolute Gasteiger partial charge is 0.509 e. The van der Waals surface area contributed by atoms with Crippen LogP contribution in [0, 0.1) is 20.2 Å². The quantitative estimate of drug-likeness (QED) is 0.168. The summed E-state index contributed by atoms with van der Waals surface area (Å²) in [6.45, 7) is 0. The van der Waals surface area contributed by atoms with E-state index in [1.54, 1.807) is 37.7 Å². The number of thioether (sulfide) groups is 1. The van der Waals surface area contributed by atoms with Crippen LogP contribution in [0.15, 0.2) is 0 Å². The first-order valence-electron chi connectivity index (χ1n) is 3.92. The van der Waals surface area contributed by atoms with Crippen LogP contribution in [0.5, 0.6) is 0 Å². The Hall–Kier alpha value is -1.38.